The Kier molecular flexibility index (Phi) is 5.41. The van der Waals surface area contributed by atoms with Gasteiger partial charge in [-0.2, -0.15) is 0 Å². The molecule has 2 rings (SSSR count). The SMILES string of the molecule is CC(Cc1cccc(C(C)C)c1)NC1CCOCC1. The van der Waals surface area contributed by atoms with Gasteiger partial charge in [0.25, 0.3) is 0 Å². The van der Waals surface area contributed by atoms with E-state index in [0.717, 1.165) is 32.5 Å². The smallest absolute Gasteiger partial charge is 0.0480 e. The van der Waals surface area contributed by atoms with Gasteiger partial charge in [-0.25, -0.2) is 0 Å². The van der Waals surface area contributed by atoms with Gasteiger partial charge in [0.1, 0.15) is 0 Å². The van der Waals surface area contributed by atoms with E-state index < -0.39 is 0 Å². The highest BCUT2D eigenvalue weighted by Gasteiger charge is 2.16. The Morgan fingerprint density at radius 2 is 1.95 bits per heavy atom. The third kappa shape index (κ3) is 4.63. The van der Waals surface area contributed by atoms with E-state index in [0.29, 0.717) is 18.0 Å². The van der Waals surface area contributed by atoms with Crippen LogP contribution in [0.25, 0.3) is 0 Å². The largest absolute Gasteiger partial charge is 0.381 e. The molecule has 0 saturated carbocycles. The number of hydrogen-bond donors (Lipinski definition) is 1. The average Bonchev–Trinajstić information content (AvgIpc) is 2.40. The topological polar surface area (TPSA) is 21.3 Å². The predicted molar refractivity (Wildman–Crippen MR) is 80.7 cm³/mol. The molecule has 19 heavy (non-hydrogen) atoms. The quantitative estimate of drug-likeness (QED) is 0.876. The van der Waals surface area contributed by atoms with Crippen LogP contribution in [-0.2, 0) is 11.2 Å². The molecule has 0 aliphatic carbocycles. The lowest BCUT2D eigenvalue weighted by Gasteiger charge is -2.27. The summed E-state index contributed by atoms with van der Waals surface area (Å²) in [6, 6.07) is 10.2. The molecule has 1 aromatic carbocycles. The molecule has 2 nitrogen and oxygen atoms in total. The Morgan fingerprint density at radius 1 is 1.21 bits per heavy atom. The maximum Gasteiger partial charge on any atom is 0.0480 e. The van der Waals surface area contributed by atoms with Gasteiger partial charge in [0.05, 0.1) is 0 Å². The van der Waals surface area contributed by atoms with Crippen molar-refractivity contribution in [3.05, 3.63) is 35.4 Å². The van der Waals surface area contributed by atoms with Gasteiger partial charge in [-0.3, -0.25) is 0 Å². The zero-order valence-electron chi connectivity index (χ0n) is 12.5. The minimum Gasteiger partial charge on any atom is -0.381 e. The molecule has 1 fully saturated rings. The van der Waals surface area contributed by atoms with E-state index in [9.17, 15) is 0 Å². The van der Waals surface area contributed by atoms with Crippen molar-refractivity contribution in [2.75, 3.05) is 13.2 Å². The number of ether oxygens (including phenoxy) is 1. The standard InChI is InChI=1S/C17H27NO/c1-13(2)16-6-4-5-15(12-16)11-14(3)18-17-7-9-19-10-8-17/h4-6,12-14,17-18H,7-11H2,1-3H3. The number of benzene rings is 1. The second kappa shape index (κ2) is 7.06. The minimum absolute atomic E-state index is 0.533. The second-order valence-electron chi connectivity index (χ2n) is 6.06. The van der Waals surface area contributed by atoms with E-state index in [1.54, 1.807) is 0 Å². The Morgan fingerprint density at radius 3 is 2.63 bits per heavy atom. The molecule has 106 valence electrons. The third-order valence-corrected chi connectivity index (χ3v) is 3.90. The maximum atomic E-state index is 5.40. The summed E-state index contributed by atoms with van der Waals surface area (Å²) >= 11 is 0. The summed E-state index contributed by atoms with van der Waals surface area (Å²) in [6.07, 6.45) is 3.41. The fourth-order valence-corrected chi connectivity index (χ4v) is 2.76. The lowest BCUT2D eigenvalue weighted by molar-refractivity contribution is 0.0755. The molecule has 1 aliphatic rings. The van der Waals surface area contributed by atoms with E-state index in [1.165, 1.54) is 11.1 Å². The summed E-state index contributed by atoms with van der Waals surface area (Å²) in [4.78, 5) is 0. The van der Waals surface area contributed by atoms with Crippen LogP contribution < -0.4 is 5.32 Å². The van der Waals surface area contributed by atoms with Crippen molar-refractivity contribution in [1.82, 2.24) is 5.32 Å². The van der Waals surface area contributed by atoms with Crippen LogP contribution in [0.2, 0.25) is 0 Å². The van der Waals surface area contributed by atoms with E-state index >= 15 is 0 Å². The van der Waals surface area contributed by atoms with Crippen molar-refractivity contribution >= 4 is 0 Å². The van der Waals surface area contributed by atoms with E-state index in [-0.39, 0.29) is 0 Å². The van der Waals surface area contributed by atoms with Crippen molar-refractivity contribution in [2.45, 2.75) is 58.0 Å². The molecular weight excluding hydrogens is 234 g/mol. The van der Waals surface area contributed by atoms with E-state index in [2.05, 4.69) is 50.4 Å². The average molecular weight is 261 g/mol. The van der Waals surface area contributed by atoms with Gasteiger partial charge >= 0.3 is 0 Å². The molecule has 0 amide bonds. The van der Waals surface area contributed by atoms with Crippen LogP contribution in [0, 0.1) is 0 Å². The molecule has 0 radical (unpaired) electrons. The van der Waals surface area contributed by atoms with Crippen molar-refractivity contribution in [3.63, 3.8) is 0 Å². The number of nitrogens with one attached hydrogen (secondary N) is 1. The Bertz CT molecular complexity index is 383. The Balaban J connectivity index is 1.87. The van der Waals surface area contributed by atoms with Gasteiger partial charge in [0, 0.05) is 25.3 Å². The molecule has 1 N–H and O–H groups in total. The van der Waals surface area contributed by atoms with Gasteiger partial charge < -0.3 is 10.1 Å². The highest BCUT2D eigenvalue weighted by Crippen LogP contribution is 2.17. The molecule has 0 spiro atoms. The third-order valence-electron chi connectivity index (χ3n) is 3.90. The molecule has 1 unspecified atom stereocenters. The van der Waals surface area contributed by atoms with E-state index in [4.69, 9.17) is 4.74 Å². The first-order valence-corrected chi connectivity index (χ1v) is 7.58. The molecule has 0 bridgehead atoms. The molecule has 1 heterocycles. The van der Waals surface area contributed by atoms with Gasteiger partial charge in [-0.05, 0) is 43.2 Å². The number of rotatable bonds is 5. The summed E-state index contributed by atoms with van der Waals surface area (Å²) in [5, 5.41) is 3.74. The van der Waals surface area contributed by atoms with Gasteiger partial charge in [-0.15, -0.1) is 0 Å². The van der Waals surface area contributed by atoms with Crippen molar-refractivity contribution in [1.29, 1.82) is 0 Å². The maximum absolute atomic E-state index is 5.40. The van der Waals surface area contributed by atoms with E-state index in [1.807, 2.05) is 0 Å². The van der Waals surface area contributed by atoms with Crippen LogP contribution in [0.15, 0.2) is 24.3 Å². The summed E-state index contributed by atoms with van der Waals surface area (Å²) < 4.78 is 5.40. The summed E-state index contributed by atoms with van der Waals surface area (Å²) in [5.41, 5.74) is 2.88. The predicted octanol–water partition coefficient (Wildman–Crippen LogP) is 3.51. The molecule has 1 aromatic rings. The van der Waals surface area contributed by atoms with Crippen molar-refractivity contribution in [3.8, 4) is 0 Å². The summed E-state index contributed by atoms with van der Waals surface area (Å²) in [6.45, 7) is 8.61. The lowest BCUT2D eigenvalue weighted by atomic mass is 9.97. The summed E-state index contributed by atoms with van der Waals surface area (Å²) in [5.74, 6) is 0.610. The first-order valence-electron chi connectivity index (χ1n) is 7.58. The van der Waals surface area contributed by atoms with Crippen LogP contribution in [0.1, 0.15) is 50.7 Å². The summed E-state index contributed by atoms with van der Waals surface area (Å²) in [7, 11) is 0. The van der Waals surface area contributed by atoms with Crippen molar-refractivity contribution in [2.24, 2.45) is 0 Å². The van der Waals surface area contributed by atoms with Crippen LogP contribution in [-0.4, -0.2) is 25.3 Å². The molecule has 1 saturated heterocycles. The minimum atomic E-state index is 0.533. The van der Waals surface area contributed by atoms with Crippen LogP contribution in [0.5, 0.6) is 0 Å². The Labute approximate surface area is 117 Å². The Hall–Kier alpha value is -0.860. The highest BCUT2D eigenvalue weighted by atomic mass is 16.5. The monoisotopic (exact) mass is 261 g/mol. The fraction of sp³-hybridized carbons (Fsp3) is 0.647. The molecule has 1 atom stereocenters. The zero-order valence-corrected chi connectivity index (χ0v) is 12.5. The zero-order chi connectivity index (χ0) is 13.7. The fourth-order valence-electron chi connectivity index (χ4n) is 2.76. The molecule has 2 heteroatoms. The first kappa shape index (κ1) is 14.5. The number of hydrogen-bond acceptors (Lipinski definition) is 2. The van der Waals surface area contributed by atoms with Crippen LogP contribution in [0.4, 0.5) is 0 Å². The van der Waals surface area contributed by atoms with Crippen molar-refractivity contribution < 1.29 is 4.74 Å². The van der Waals surface area contributed by atoms with Crippen LogP contribution in [0.3, 0.4) is 0 Å². The van der Waals surface area contributed by atoms with Gasteiger partial charge in [-0.1, -0.05) is 38.1 Å². The first-order chi connectivity index (χ1) is 9.15. The highest BCUT2D eigenvalue weighted by molar-refractivity contribution is 5.26. The normalized spacial score (nSPS) is 18.7. The molecular formula is C17H27NO. The second-order valence-corrected chi connectivity index (χ2v) is 6.06. The van der Waals surface area contributed by atoms with Gasteiger partial charge in [0.2, 0.25) is 0 Å². The van der Waals surface area contributed by atoms with Gasteiger partial charge in [0.15, 0.2) is 0 Å². The molecule has 1 aliphatic heterocycles. The lowest BCUT2D eigenvalue weighted by Crippen LogP contribution is -2.41. The van der Waals surface area contributed by atoms with Crippen LogP contribution >= 0.6 is 0 Å². The molecule has 0 aromatic heterocycles.